The highest BCUT2D eigenvalue weighted by atomic mass is 16.3. The number of nitrogens with zero attached hydrogens (tertiary/aromatic N) is 2. The predicted molar refractivity (Wildman–Crippen MR) is 63.0 cm³/mol. The van der Waals surface area contributed by atoms with Crippen molar-refractivity contribution in [1.29, 1.82) is 0 Å². The first-order chi connectivity index (χ1) is 8.68. The van der Waals surface area contributed by atoms with Crippen LogP contribution in [0.4, 0.5) is 0 Å². The molecule has 1 heterocycles. The molecular weight excluding hydrogens is 234 g/mol. The summed E-state index contributed by atoms with van der Waals surface area (Å²) in [6.07, 6.45) is 2.95. The second kappa shape index (κ2) is 5.13. The van der Waals surface area contributed by atoms with Gasteiger partial charge in [0.25, 0.3) is 5.91 Å². The third kappa shape index (κ3) is 2.54. The van der Waals surface area contributed by atoms with E-state index in [1.54, 1.807) is 12.3 Å². The molecule has 0 radical (unpaired) electrons. The fraction of sp³-hybridized carbons (Fsp3) is 0.0833. The molecule has 0 atom stereocenters. The molecule has 18 heavy (non-hydrogen) atoms. The van der Waals surface area contributed by atoms with E-state index in [-0.39, 0.29) is 17.9 Å². The van der Waals surface area contributed by atoms with E-state index in [9.17, 15) is 15.0 Å². The van der Waals surface area contributed by atoms with Crippen LogP contribution in [0, 0.1) is 0 Å². The highest BCUT2D eigenvalue weighted by Gasteiger charge is 2.13. The molecule has 1 amide bonds. The highest BCUT2D eigenvalue weighted by molar-refractivity contribution is 5.97. The third-order valence-corrected chi connectivity index (χ3v) is 2.33. The summed E-state index contributed by atoms with van der Waals surface area (Å²) in [5.41, 5.74) is 0.669. The number of nitrogens with one attached hydrogen (secondary N) is 1. The van der Waals surface area contributed by atoms with Gasteiger partial charge in [-0.25, -0.2) is 9.97 Å². The van der Waals surface area contributed by atoms with Crippen molar-refractivity contribution in [2.75, 3.05) is 0 Å². The van der Waals surface area contributed by atoms with Crippen LogP contribution in [0.15, 0.2) is 36.8 Å². The van der Waals surface area contributed by atoms with Crippen molar-refractivity contribution in [2.24, 2.45) is 0 Å². The van der Waals surface area contributed by atoms with Crippen LogP contribution in [0.1, 0.15) is 16.1 Å². The number of hydrogen-bond donors (Lipinski definition) is 3. The number of phenols is 2. The second-order valence-electron chi connectivity index (χ2n) is 3.56. The molecule has 0 bridgehead atoms. The van der Waals surface area contributed by atoms with Gasteiger partial charge in [-0.1, -0.05) is 6.07 Å². The average Bonchev–Trinajstić information content (AvgIpc) is 2.40. The van der Waals surface area contributed by atoms with Gasteiger partial charge in [-0.15, -0.1) is 0 Å². The summed E-state index contributed by atoms with van der Waals surface area (Å²) in [7, 11) is 0. The number of para-hydroxylation sites is 1. The smallest absolute Gasteiger partial charge is 0.255 e. The van der Waals surface area contributed by atoms with E-state index in [0.717, 1.165) is 0 Å². The minimum absolute atomic E-state index is 0.0176. The molecule has 6 nitrogen and oxygen atoms in total. The molecule has 2 aromatic rings. The van der Waals surface area contributed by atoms with Gasteiger partial charge >= 0.3 is 0 Å². The maximum Gasteiger partial charge on any atom is 0.255 e. The summed E-state index contributed by atoms with van der Waals surface area (Å²) >= 11 is 0. The van der Waals surface area contributed by atoms with Gasteiger partial charge in [-0.2, -0.15) is 0 Å². The first kappa shape index (κ1) is 11.8. The molecule has 0 saturated carbocycles. The minimum Gasteiger partial charge on any atom is -0.504 e. The van der Waals surface area contributed by atoms with Crippen molar-refractivity contribution in [3.8, 4) is 11.5 Å². The number of aromatic hydroxyl groups is 2. The number of phenolic OH excluding ortho intramolecular Hbond substituents is 2. The topological polar surface area (TPSA) is 95.3 Å². The molecule has 0 saturated heterocycles. The van der Waals surface area contributed by atoms with Crippen molar-refractivity contribution in [2.45, 2.75) is 6.54 Å². The van der Waals surface area contributed by atoms with Crippen LogP contribution >= 0.6 is 0 Å². The Kier molecular flexibility index (Phi) is 3.38. The SMILES string of the molecule is O=C(NCc1ccncn1)c1cccc(O)c1O. The Morgan fingerprint density at radius 2 is 2.11 bits per heavy atom. The molecule has 0 aliphatic carbocycles. The van der Waals surface area contributed by atoms with Crippen LogP contribution in [0.2, 0.25) is 0 Å². The Balaban J connectivity index is 2.07. The molecule has 0 aliphatic heterocycles. The maximum atomic E-state index is 11.8. The van der Waals surface area contributed by atoms with E-state index in [2.05, 4.69) is 15.3 Å². The standard InChI is InChI=1S/C12H11N3O3/c16-10-3-1-2-9(11(10)17)12(18)14-6-8-4-5-13-7-15-8/h1-5,7,16-17H,6H2,(H,14,18). The summed E-state index contributed by atoms with van der Waals surface area (Å²) < 4.78 is 0. The molecular formula is C12H11N3O3. The lowest BCUT2D eigenvalue weighted by Crippen LogP contribution is -2.23. The van der Waals surface area contributed by atoms with Crippen LogP contribution < -0.4 is 5.32 Å². The number of hydrogen-bond acceptors (Lipinski definition) is 5. The molecule has 1 aromatic heterocycles. The van der Waals surface area contributed by atoms with Gasteiger partial charge in [-0.05, 0) is 18.2 Å². The number of carbonyl (C=O) groups is 1. The number of benzene rings is 1. The van der Waals surface area contributed by atoms with Crippen LogP contribution in [-0.2, 0) is 6.54 Å². The maximum absolute atomic E-state index is 11.8. The lowest BCUT2D eigenvalue weighted by atomic mass is 10.1. The Morgan fingerprint density at radius 1 is 1.28 bits per heavy atom. The molecule has 1 aromatic carbocycles. The van der Waals surface area contributed by atoms with Gasteiger partial charge in [0.1, 0.15) is 6.33 Å². The fourth-order valence-corrected chi connectivity index (χ4v) is 1.40. The summed E-state index contributed by atoms with van der Waals surface area (Å²) in [6.45, 7) is 0.219. The van der Waals surface area contributed by atoms with Gasteiger partial charge < -0.3 is 15.5 Å². The quantitative estimate of drug-likeness (QED) is 0.696. The summed E-state index contributed by atoms with van der Waals surface area (Å²) in [5.74, 6) is -1.25. The molecule has 0 unspecified atom stereocenters. The zero-order valence-corrected chi connectivity index (χ0v) is 9.37. The van der Waals surface area contributed by atoms with Crippen LogP contribution in [-0.4, -0.2) is 26.1 Å². The summed E-state index contributed by atoms with van der Waals surface area (Å²) in [5, 5.41) is 21.4. The van der Waals surface area contributed by atoms with Gasteiger partial charge in [-0.3, -0.25) is 4.79 Å². The summed E-state index contributed by atoms with van der Waals surface area (Å²) in [4.78, 5) is 19.5. The van der Waals surface area contributed by atoms with Crippen molar-refractivity contribution in [3.63, 3.8) is 0 Å². The van der Waals surface area contributed by atoms with Crippen molar-refractivity contribution in [1.82, 2.24) is 15.3 Å². The molecule has 92 valence electrons. The van der Waals surface area contributed by atoms with Crippen LogP contribution in [0.25, 0.3) is 0 Å². The summed E-state index contributed by atoms with van der Waals surface area (Å²) in [6, 6.07) is 5.87. The largest absolute Gasteiger partial charge is 0.504 e. The number of rotatable bonds is 3. The molecule has 6 heteroatoms. The van der Waals surface area contributed by atoms with Crippen molar-refractivity contribution >= 4 is 5.91 Å². The second-order valence-corrected chi connectivity index (χ2v) is 3.56. The fourth-order valence-electron chi connectivity index (χ4n) is 1.40. The lowest BCUT2D eigenvalue weighted by molar-refractivity contribution is 0.0947. The monoisotopic (exact) mass is 245 g/mol. The van der Waals surface area contributed by atoms with E-state index in [1.807, 2.05) is 0 Å². The van der Waals surface area contributed by atoms with Gasteiger partial charge in [0.2, 0.25) is 0 Å². The predicted octanol–water partition coefficient (Wildman–Crippen LogP) is 0.818. The van der Waals surface area contributed by atoms with Crippen molar-refractivity contribution < 1.29 is 15.0 Å². The first-order valence-corrected chi connectivity index (χ1v) is 5.22. The Hall–Kier alpha value is -2.63. The lowest BCUT2D eigenvalue weighted by Gasteiger charge is -2.07. The van der Waals surface area contributed by atoms with E-state index in [4.69, 9.17) is 0 Å². The van der Waals surface area contributed by atoms with Crippen LogP contribution in [0.5, 0.6) is 11.5 Å². The number of aromatic nitrogens is 2. The van der Waals surface area contributed by atoms with Crippen LogP contribution in [0.3, 0.4) is 0 Å². The highest BCUT2D eigenvalue weighted by Crippen LogP contribution is 2.27. The molecule has 0 aliphatic rings. The Morgan fingerprint density at radius 3 is 2.83 bits per heavy atom. The number of amides is 1. The van der Waals surface area contributed by atoms with Gasteiger partial charge in [0.05, 0.1) is 17.8 Å². The van der Waals surface area contributed by atoms with Gasteiger partial charge in [0, 0.05) is 6.20 Å². The zero-order valence-electron chi connectivity index (χ0n) is 9.37. The molecule has 0 spiro atoms. The molecule has 3 N–H and O–H groups in total. The van der Waals surface area contributed by atoms with E-state index < -0.39 is 11.7 Å². The van der Waals surface area contributed by atoms with Gasteiger partial charge in [0.15, 0.2) is 11.5 Å². The van der Waals surface area contributed by atoms with Crippen molar-refractivity contribution in [3.05, 3.63) is 48.0 Å². The van der Waals surface area contributed by atoms with E-state index in [1.165, 1.54) is 24.5 Å². The third-order valence-electron chi connectivity index (χ3n) is 2.33. The van der Waals surface area contributed by atoms with E-state index >= 15 is 0 Å². The average molecular weight is 245 g/mol. The molecule has 2 rings (SSSR count). The number of carbonyl (C=O) groups excluding carboxylic acids is 1. The first-order valence-electron chi connectivity index (χ1n) is 5.22. The Bertz CT molecular complexity index is 558. The zero-order chi connectivity index (χ0) is 13.0. The van der Waals surface area contributed by atoms with E-state index in [0.29, 0.717) is 5.69 Å². The molecule has 0 fully saturated rings. The normalized spacial score (nSPS) is 10.0. The Labute approximate surface area is 103 Å². The minimum atomic E-state index is -0.484.